The summed E-state index contributed by atoms with van der Waals surface area (Å²) in [5, 5.41) is 9.60. The highest BCUT2D eigenvalue weighted by Crippen LogP contribution is 2.16. The van der Waals surface area contributed by atoms with Crippen molar-refractivity contribution in [1.29, 1.82) is 0 Å². The molecule has 0 bridgehead atoms. The molecule has 1 unspecified atom stereocenters. The van der Waals surface area contributed by atoms with Crippen LogP contribution in [0.15, 0.2) is 85.1 Å². The van der Waals surface area contributed by atoms with Crippen molar-refractivity contribution in [3.63, 3.8) is 0 Å². The number of rotatable bonds is 47. The largest absolute Gasteiger partial charge is 0.462 e. The Morgan fingerprint density at radius 3 is 0.984 bits per heavy atom. The number of carbonyl (C=O) groups excluding carboxylic acids is 2. The number of aliphatic hydroxyl groups is 1. The fraction of sp³-hybridized carbons (Fsp3) is 0.719. The van der Waals surface area contributed by atoms with E-state index in [1.165, 1.54) is 128 Å². The molecule has 5 heteroatoms. The molecule has 0 aromatic rings. The minimum absolute atomic E-state index is 0.0817. The third-order valence-electron chi connectivity index (χ3n) is 11.2. The Balaban J connectivity index is 3.43. The Morgan fingerprint density at radius 1 is 0.371 bits per heavy atom. The van der Waals surface area contributed by atoms with Crippen molar-refractivity contribution in [3.8, 4) is 0 Å². The highest BCUT2D eigenvalue weighted by molar-refractivity contribution is 5.70. The Bertz CT molecular complexity index is 1160. The third kappa shape index (κ3) is 49.7. The van der Waals surface area contributed by atoms with Gasteiger partial charge in [-0.05, 0) is 83.5 Å². The van der Waals surface area contributed by atoms with Gasteiger partial charge in [-0.2, -0.15) is 0 Å². The molecule has 0 saturated heterocycles. The van der Waals surface area contributed by atoms with Gasteiger partial charge in [0.2, 0.25) is 0 Å². The van der Waals surface area contributed by atoms with Crippen molar-refractivity contribution in [1.82, 2.24) is 0 Å². The zero-order valence-electron chi connectivity index (χ0n) is 40.6. The van der Waals surface area contributed by atoms with Crippen molar-refractivity contribution < 1.29 is 24.2 Å². The van der Waals surface area contributed by atoms with E-state index in [0.717, 1.165) is 89.9 Å². The van der Waals surface area contributed by atoms with Crippen molar-refractivity contribution in [2.75, 3.05) is 13.2 Å². The van der Waals surface area contributed by atoms with Crippen LogP contribution in [-0.2, 0) is 19.1 Å². The second-order valence-corrected chi connectivity index (χ2v) is 17.2. The molecule has 5 nitrogen and oxygen atoms in total. The lowest BCUT2D eigenvalue weighted by Crippen LogP contribution is -2.28. The molecular formula is C57H98O5. The van der Waals surface area contributed by atoms with Gasteiger partial charge >= 0.3 is 11.9 Å². The molecule has 0 radical (unpaired) electrons. The summed E-state index contributed by atoms with van der Waals surface area (Å²) >= 11 is 0. The molecule has 1 atom stereocenters. The van der Waals surface area contributed by atoms with E-state index in [4.69, 9.17) is 9.47 Å². The molecule has 62 heavy (non-hydrogen) atoms. The Morgan fingerprint density at radius 2 is 0.645 bits per heavy atom. The highest BCUT2D eigenvalue weighted by Gasteiger charge is 2.16. The van der Waals surface area contributed by atoms with Crippen molar-refractivity contribution in [2.24, 2.45) is 0 Å². The van der Waals surface area contributed by atoms with E-state index in [1.807, 2.05) is 0 Å². The summed E-state index contributed by atoms with van der Waals surface area (Å²) in [6.45, 7) is 3.89. The average molecular weight is 863 g/mol. The number of allylic oxidation sites excluding steroid dienone is 14. The molecule has 1 N–H and O–H groups in total. The van der Waals surface area contributed by atoms with Gasteiger partial charge in [0.15, 0.2) is 6.10 Å². The van der Waals surface area contributed by atoms with Crippen LogP contribution in [0.25, 0.3) is 0 Å². The number of aliphatic hydroxyl groups excluding tert-OH is 1. The molecule has 0 rings (SSSR count). The first-order chi connectivity index (χ1) is 30.6. The second kappa shape index (κ2) is 52.4. The van der Waals surface area contributed by atoms with Gasteiger partial charge in [-0.25, -0.2) is 0 Å². The van der Waals surface area contributed by atoms with Crippen LogP contribution in [0.3, 0.4) is 0 Å². The van der Waals surface area contributed by atoms with Gasteiger partial charge in [-0.1, -0.05) is 234 Å². The summed E-state index contributed by atoms with van der Waals surface area (Å²) in [7, 11) is 0. The van der Waals surface area contributed by atoms with Crippen LogP contribution in [0, 0.1) is 0 Å². The van der Waals surface area contributed by atoms with Gasteiger partial charge in [0, 0.05) is 12.8 Å². The molecule has 0 fully saturated rings. The zero-order chi connectivity index (χ0) is 44.9. The quantitative estimate of drug-likeness (QED) is 0.0375. The first kappa shape index (κ1) is 59.1. The van der Waals surface area contributed by atoms with Crippen molar-refractivity contribution >= 4 is 11.9 Å². The second-order valence-electron chi connectivity index (χ2n) is 17.2. The Labute approximate surface area is 384 Å². The van der Waals surface area contributed by atoms with E-state index in [0.29, 0.717) is 12.8 Å². The molecule has 0 aromatic carbocycles. The van der Waals surface area contributed by atoms with Crippen molar-refractivity contribution in [3.05, 3.63) is 85.1 Å². The van der Waals surface area contributed by atoms with E-state index >= 15 is 0 Å². The Kier molecular flexibility index (Phi) is 50.0. The summed E-state index contributed by atoms with van der Waals surface area (Å²) in [5.74, 6) is -0.621. The predicted molar refractivity (Wildman–Crippen MR) is 269 cm³/mol. The van der Waals surface area contributed by atoms with Crippen molar-refractivity contribution in [2.45, 2.75) is 251 Å². The van der Waals surface area contributed by atoms with Gasteiger partial charge in [0.1, 0.15) is 6.61 Å². The van der Waals surface area contributed by atoms with E-state index in [-0.39, 0.29) is 25.2 Å². The fourth-order valence-electron chi connectivity index (χ4n) is 7.33. The van der Waals surface area contributed by atoms with Crippen LogP contribution in [0.1, 0.15) is 245 Å². The number of unbranched alkanes of at least 4 members (excludes halogenated alkanes) is 25. The number of ether oxygens (including phenoxy) is 2. The molecule has 0 aromatic heterocycles. The van der Waals surface area contributed by atoms with Crippen LogP contribution in [0.5, 0.6) is 0 Å². The monoisotopic (exact) mass is 863 g/mol. The number of esters is 2. The standard InChI is InChI=1S/C57H98O5/c1-3-5-7-9-11-13-15-17-18-19-20-21-22-23-24-25-26-27-28-29-30-31-32-33-34-35-36-37-38-40-42-44-46-48-50-52-57(60)62-55(53-58)54-61-56(59)51-49-47-45-43-41-39-16-14-12-10-8-6-4-2/h5-8,11-14,17-18,20-21,39,41,55,58H,3-4,9-10,15-16,19,22-38,40,42-54H2,1-2H3/b7-5-,8-6-,13-11-,14-12-,18-17-,21-20-,41-39-. The summed E-state index contributed by atoms with van der Waals surface area (Å²) in [5.41, 5.74) is 0. The fourth-order valence-corrected chi connectivity index (χ4v) is 7.33. The summed E-state index contributed by atoms with van der Waals surface area (Å²) in [6.07, 6.45) is 72.8. The van der Waals surface area contributed by atoms with E-state index in [2.05, 4.69) is 98.9 Å². The molecule has 356 valence electrons. The Hall–Kier alpha value is -2.92. The van der Waals surface area contributed by atoms with E-state index in [1.54, 1.807) is 0 Å². The maximum absolute atomic E-state index is 12.3. The molecule has 0 aliphatic heterocycles. The lowest BCUT2D eigenvalue weighted by atomic mass is 10.0. The SMILES string of the molecule is CC/C=C\C/C=C\C/C=C\C/C=C\CCCCCCCCCCCCCCCCCCCCCCCCC(=O)OC(CO)COC(=O)CCCCC/C=C\C/C=C\C/C=C\CC. The van der Waals surface area contributed by atoms with Gasteiger partial charge in [-0.3, -0.25) is 9.59 Å². The molecule has 0 amide bonds. The lowest BCUT2D eigenvalue weighted by Gasteiger charge is -2.15. The molecular weight excluding hydrogens is 765 g/mol. The summed E-state index contributed by atoms with van der Waals surface area (Å²) in [4.78, 5) is 24.4. The van der Waals surface area contributed by atoms with Crippen LogP contribution in [0.4, 0.5) is 0 Å². The summed E-state index contributed by atoms with van der Waals surface area (Å²) < 4.78 is 10.6. The van der Waals surface area contributed by atoms with Crippen LogP contribution >= 0.6 is 0 Å². The maximum Gasteiger partial charge on any atom is 0.306 e. The van der Waals surface area contributed by atoms with Crippen LogP contribution in [-0.4, -0.2) is 36.4 Å². The minimum atomic E-state index is -0.785. The molecule has 0 aliphatic carbocycles. The van der Waals surface area contributed by atoms with E-state index in [9.17, 15) is 14.7 Å². The minimum Gasteiger partial charge on any atom is -0.462 e. The normalized spacial score (nSPS) is 12.9. The molecule has 0 aliphatic rings. The third-order valence-corrected chi connectivity index (χ3v) is 11.2. The topological polar surface area (TPSA) is 72.8 Å². The first-order valence-electron chi connectivity index (χ1n) is 26.1. The van der Waals surface area contributed by atoms with Crippen LogP contribution < -0.4 is 0 Å². The molecule has 0 saturated carbocycles. The molecule has 0 spiro atoms. The number of carbonyl (C=O) groups is 2. The number of hydrogen-bond acceptors (Lipinski definition) is 5. The van der Waals surface area contributed by atoms with Gasteiger partial charge in [-0.15, -0.1) is 0 Å². The van der Waals surface area contributed by atoms with E-state index < -0.39 is 6.10 Å². The first-order valence-corrected chi connectivity index (χ1v) is 26.1. The smallest absolute Gasteiger partial charge is 0.306 e. The zero-order valence-corrected chi connectivity index (χ0v) is 40.6. The lowest BCUT2D eigenvalue weighted by molar-refractivity contribution is -0.161. The molecule has 0 heterocycles. The average Bonchev–Trinajstić information content (AvgIpc) is 3.28. The maximum atomic E-state index is 12.3. The van der Waals surface area contributed by atoms with Gasteiger partial charge in [0.25, 0.3) is 0 Å². The van der Waals surface area contributed by atoms with Gasteiger partial charge in [0.05, 0.1) is 6.61 Å². The summed E-state index contributed by atoms with van der Waals surface area (Å²) in [6, 6.07) is 0. The van der Waals surface area contributed by atoms with Gasteiger partial charge < -0.3 is 14.6 Å². The predicted octanol–water partition coefficient (Wildman–Crippen LogP) is 17.4. The highest BCUT2D eigenvalue weighted by atomic mass is 16.6. The van der Waals surface area contributed by atoms with Crippen LogP contribution in [0.2, 0.25) is 0 Å². The number of hydrogen-bond donors (Lipinski definition) is 1.